The molecule has 1 aliphatic heterocycles. The van der Waals surface area contributed by atoms with Gasteiger partial charge in [-0.1, -0.05) is 48.0 Å². The molecular weight excluding hydrogens is 297 g/mol. The number of pyridine rings is 1. The Hall–Kier alpha value is -1.91. The fraction of sp³-hybridized carbons (Fsp3) is 0.350. The van der Waals surface area contributed by atoms with E-state index in [4.69, 9.17) is 9.31 Å². The zero-order chi connectivity index (χ0) is 17.4. The minimum absolute atomic E-state index is 0.342. The Balaban J connectivity index is 1.79. The average Bonchev–Trinajstić information content (AvgIpc) is 2.75. The molecule has 0 radical (unpaired) electrons. The van der Waals surface area contributed by atoms with Gasteiger partial charge >= 0.3 is 7.12 Å². The fourth-order valence-electron chi connectivity index (χ4n) is 2.55. The summed E-state index contributed by atoms with van der Waals surface area (Å²) >= 11 is 0. The van der Waals surface area contributed by atoms with Gasteiger partial charge in [0.2, 0.25) is 0 Å². The van der Waals surface area contributed by atoms with Crippen LogP contribution in [0, 0.1) is 6.92 Å². The second-order valence-electron chi connectivity index (χ2n) is 7.38. The van der Waals surface area contributed by atoms with E-state index in [9.17, 15) is 0 Å². The van der Waals surface area contributed by atoms with Gasteiger partial charge in [-0.05, 0) is 45.7 Å². The SMILES string of the molecule is Cc1ccc(C=Cc2cncc(B3OC(C)(C)C(C)(C)O3)c2)cc1. The van der Waals surface area contributed by atoms with Crippen LogP contribution in [0.4, 0.5) is 0 Å². The lowest BCUT2D eigenvalue weighted by Gasteiger charge is -2.32. The Labute approximate surface area is 144 Å². The number of rotatable bonds is 3. The number of aryl methyl sites for hydroxylation is 1. The lowest BCUT2D eigenvalue weighted by Crippen LogP contribution is -2.41. The van der Waals surface area contributed by atoms with Gasteiger partial charge in [0.15, 0.2) is 0 Å². The van der Waals surface area contributed by atoms with E-state index in [1.165, 1.54) is 11.1 Å². The van der Waals surface area contributed by atoms with Crippen LogP contribution in [-0.4, -0.2) is 23.3 Å². The van der Waals surface area contributed by atoms with Crippen LogP contribution in [0.5, 0.6) is 0 Å². The summed E-state index contributed by atoms with van der Waals surface area (Å²) in [7, 11) is -0.379. The maximum atomic E-state index is 6.09. The van der Waals surface area contributed by atoms with Crippen molar-refractivity contribution >= 4 is 24.7 Å². The van der Waals surface area contributed by atoms with Gasteiger partial charge in [0.25, 0.3) is 0 Å². The fourth-order valence-corrected chi connectivity index (χ4v) is 2.55. The molecule has 0 aliphatic carbocycles. The average molecular weight is 321 g/mol. The second-order valence-corrected chi connectivity index (χ2v) is 7.38. The quantitative estimate of drug-likeness (QED) is 0.805. The molecule has 3 rings (SSSR count). The van der Waals surface area contributed by atoms with Crippen LogP contribution in [0.1, 0.15) is 44.4 Å². The molecule has 2 heterocycles. The molecule has 0 saturated carbocycles. The Morgan fingerprint density at radius 2 is 1.46 bits per heavy atom. The van der Waals surface area contributed by atoms with E-state index in [0.29, 0.717) is 0 Å². The molecule has 124 valence electrons. The van der Waals surface area contributed by atoms with Gasteiger partial charge in [0.1, 0.15) is 0 Å². The third-order valence-corrected chi connectivity index (χ3v) is 4.85. The van der Waals surface area contributed by atoms with Crippen molar-refractivity contribution in [1.82, 2.24) is 4.98 Å². The smallest absolute Gasteiger partial charge is 0.399 e. The van der Waals surface area contributed by atoms with Crippen molar-refractivity contribution < 1.29 is 9.31 Å². The van der Waals surface area contributed by atoms with E-state index in [2.05, 4.69) is 82.1 Å². The summed E-state index contributed by atoms with van der Waals surface area (Å²) in [4.78, 5) is 4.34. The summed E-state index contributed by atoms with van der Waals surface area (Å²) in [5.74, 6) is 0. The zero-order valence-electron chi connectivity index (χ0n) is 15.0. The van der Waals surface area contributed by atoms with Gasteiger partial charge in [-0.25, -0.2) is 0 Å². The van der Waals surface area contributed by atoms with Crippen molar-refractivity contribution in [3.8, 4) is 0 Å². The van der Waals surface area contributed by atoms with Gasteiger partial charge in [-0.15, -0.1) is 0 Å². The summed E-state index contributed by atoms with van der Waals surface area (Å²) in [5.41, 5.74) is 3.72. The van der Waals surface area contributed by atoms with Crippen LogP contribution in [0.25, 0.3) is 12.2 Å². The molecule has 24 heavy (non-hydrogen) atoms. The minimum atomic E-state index is -0.379. The number of aromatic nitrogens is 1. The topological polar surface area (TPSA) is 31.4 Å². The summed E-state index contributed by atoms with van der Waals surface area (Å²) < 4.78 is 12.2. The highest BCUT2D eigenvalue weighted by Crippen LogP contribution is 2.36. The standard InChI is InChI=1S/C20H24BNO2/c1-15-6-8-16(9-7-15)10-11-17-12-18(14-22-13-17)21-23-19(2,3)20(4,5)24-21/h6-14H,1-5H3. The predicted molar refractivity (Wildman–Crippen MR) is 100 cm³/mol. The second kappa shape index (κ2) is 6.19. The monoisotopic (exact) mass is 321 g/mol. The highest BCUT2D eigenvalue weighted by molar-refractivity contribution is 6.62. The van der Waals surface area contributed by atoms with E-state index in [-0.39, 0.29) is 18.3 Å². The van der Waals surface area contributed by atoms with Gasteiger partial charge in [-0.2, -0.15) is 0 Å². The molecule has 0 amide bonds. The third-order valence-electron chi connectivity index (χ3n) is 4.85. The first-order valence-corrected chi connectivity index (χ1v) is 8.32. The maximum absolute atomic E-state index is 6.09. The molecule has 4 heteroatoms. The molecule has 0 spiro atoms. The zero-order valence-corrected chi connectivity index (χ0v) is 15.0. The first kappa shape index (κ1) is 16.9. The normalized spacial score (nSPS) is 19.1. The molecular formula is C20H24BNO2. The molecule has 0 unspecified atom stereocenters. The van der Waals surface area contributed by atoms with Crippen LogP contribution in [0.15, 0.2) is 42.7 Å². The molecule has 1 aliphatic rings. The van der Waals surface area contributed by atoms with Crippen LogP contribution in [-0.2, 0) is 9.31 Å². The van der Waals surface area contributed by atoms with E-state index >= 15 is 0 Å². The lowest BCUT2D eigenvalue weighted by molar-refractivity contribution is 0.00578. The summed E-state index contributed by atoms with van der Waals surface area (Å²) in [5, 5.41) is 0. The summed E-state index contributed by atoms with van der Waals surface area (Å²) in [6.45, 7) is 10.3. The Bertz CT molecular complexity index is 734. The van der Waals surface area contributed by atoms with Gasteiger partial charge < -0.3 is 9.31 Å². The first-order chi connectivity index (χ1) is 11.3. The third kappa shape index (κ3) is 3.45. The molecule has 0 N–H and O–H groups in total. The van der Waals surface area contributed by atoms with Crippen molar-refractivity contribution in [2.75, 3.05) is 0 Å². The van der Waals surface area contributed by atoms with Crippen molar-refractivity contribution in [3.05, 3.63) is 59.4 Å². The van der Waals surface area contributed by atoms with E-state index < -0.39 is 0 Å². The highest BCUT2D eigenvalue weighted by atomic mass is 16.7. The van der Waals surface area contributed by atoms with Crippen LogP contribution in [0.3, 0.4) is 0 Å². The highest BCUT2D eigenvalue weighted by Gasteiger charge is 2.51. The van der Waals surface area contributed by atoms with Crippen molar-refractivity contribution in [2.24, 2.45) is 0 Å². The van der Waals surface area contributed by atoms with Crippen LogP contribution >= 0.6 is 0 Å². The molecule has 3 nitrogen and oxygen atoms in total. The number of benzene rings is 1. The Morgan fingerprint density at radius 3 is 2.08 bits per heavy atom. The van der Waals surface area contributed by atoms with E-state index in [0.717, 1.165) is 11.0 Å². The Kier molecular flexibility index (Phi) is 4.37. The summed E-state index contributed by atoms with van der Waals surface area (Å²) in [6.07, 6.45) is 7.81. The van der Waals surface area contributed by atoms with Gasteiger partial charge in [0, 0.05) is 17.9 Å². The minimum Gasteiger partial charge on any atom is -0.399 e. The van der Waals surface area contributed by atoms with Crippen molar-refractivity contribution in [2.45, 2.75) is 45.8 Å². The van der Waals surface area contributed by atoms with Gasteiger partial charge in [-0.3, -0.25) is 4.98 Å². The number of nitrogens with zero attached hydrogens (tertiary/aromatic N) is 1. The van der Waals surface area contributed by atoms with Crippen LogP contribution < -0.4 is 5.46 Å². The molecule has 1 aromatic carbocycles. The molecule has 1 fully saturated rings. The van der Waals surface area contributed by atoms with Crippen molar-refractivity contribution in [3.63, 3.8) is 0 Å². The van der Waals surface area contributed by atoms with Gasteiger partial charge in [0.05, 0.1) is 11.2 Å². The van der Waals surface area contributed by atoms with E-state index in [1.54, 1.807) is 0 Å². The largest absolute Gasteiger partial charge is 0.496 e. The molecule has 1 aromatic heterocycles. The first-order valence-electron chi connectivity index (χ1n) is 8.32. The lowest BCUT2D eigenvalue weighted by atomic mass is 9.80. The maximum Gasteiger partial charge on any atom is 0.496 e. The van der Waals surface area contributed by atoms with E-state index in [1.807, 2.05) is 12.4 Å². The number of hydrogen-bond donors (Lipinski definition) is 0. The molecule has 0 atom stereocenters. The Morgan fingerprint density at radius 1 is 0.875 bits per heavy atom. The number of hydrogen-bond acceptors (Lipinski definition) is 3. The van der Waals surface area contributed by atoms with Crippen molar-refractivity contribution in [1.29, 1.82) is 0 Å². The predicted octanol–water partition coefficient (Wildman–Crippen LogP) is 3.86. The van der Waals surface area contributed by atoms with Crippen LogP contribution in [0.2, 0.25) is 0 Å². The molecule has 2 aromatic rings. The molecule has 1 saturated heterocycles. The summed E-state index contributed by atoms with van der Waals surface area (Å²) in [6, 6.07) is 10.5. The molecule has 0 bridgehead atoms.